The number of hydrogen-bond donors (Lipinski definition) is 1. The molecule has 0 aliphatic rings. The molecule has 0 saturated carbocycles. The van der Waals surface area contributed by atoms with E-state index in [0.29, 0.717) is 0 Å². The maximum atomic E-state index is 12.5. The van der Waals surface area contributed by atoms with Crippen molar-refractivity contribution in [1.29, 1.82) is 0 Å². The van der Waals surface area contributed by atoms with Gasteiger partial charge in [-0.15, -0.1) is 0 Å². The Bertz CT molecular complexity index is 976. The molecule has 1 N–H and O–H groups in total. The molecule has 8 nitrogen and oxygen atoms in total. The van der Waals surface area contributed by atoms with E-state index in [1.165, 1.54) is 49.4 Å². The van der Waals surface area contributed by atoms with E-state index in [2.05, 4.69) is 0 Å². The lowest BCUT2D eigenvalue weighted by atomic mass is 10.2. The van der Waals surface area contributed by atoms with Crippen LogP contribution in [0.4, 0.5) is 5.69 Å². The molecule has 0 radical (unpaired) electrons. The zero-order valence-electron chi connectivity index (χ0n) is 13.0. The second-order valence-electron chi connectivity index (χ2n) is 5.05. The molecule has 1 heterocycles. The summed E-state index contributed by atoms with van der Waals surface area (Å²) in [6, 6.07) is 9.88. The fourth-order valence-corrected chi connectivity index (χ4v) is 2.16. The average molecular weight is 342 g/mol. The topological polar surface area (TPSA) is 112 Å². The normalized spacial score (nSPS) is 10.5. The molecule has 0 saturated heterocycles. The smallest absolute Gasteiger partial charge is 0.308 e. The first kappa shape index (κ1) is 16.5. The summed E-state index contributed by atoms with van der Waals surface area (Å²) < 4.78 is 15.8. The molecule has 0 amide bonds. The molecular weight excluding hydrogens is 330 g/mol. The van der Waals surface area contributed by atoms with Crippen LogP contribution in [0.5, 0.6) is 17.2 Å². The Hall–Kier alpha value is -3.36. The van der Waals surface area contributed by atoms with Crippen LogP contribution in [0.15, 0.2) is 57.9 Å². The zero-order chi connectivity index (χ0) is 18.0. The van der Waals surface area contributed by atoms with Gasteiger partial charge >= 0.3 is 5.97 Å². The Morgan fingerprint density at radius 1 is 1.16 bits per heavy atom. The molecule has 0 bridgehead atoms. The molecule has 128 valence electrons. The molecule has 1 aromatic heterocycles. The number of fused-ring (bicyclic) bond motifs is 1. The average Bonchev–Trinajstić information content (AvgIpc) is 2.57. The van der Waals surface area contributed by atoms with Crippen LogP contribution < -0.4 is 20.1 Å². The number of benzene rings is 2. The van der Waals surface area contributed by atoms with Crippen LogP contribution in [0.3, 0.4) is 0 Å². The van der Waals surface area contributed by atoms with Gasteiger partial charge in [-0.1, -0.05) is 0 Å². The summed E-state index contributed by atoms with van der Waals surface area (Å²) >= 11 is 0. The van der Waals surface area contributed by atoms with Gasteiger partial charge in [0.05, 0.1) is 11.1 Å². The Morgan fingerprint density at radius 3 is 2.48 bits per heavy atom. The fraction of sp³-hybridized carbons (Fsp3) is 0.0588. The van der Waals surface area contributed by atoms with E-state index < -0.39 is 11.4 Å². The molecule has 0 spiro atoms. The third-order valence-corrected chi connectivity index (χ3v) is 3.26. The highest BCUT2D eigenvalue weighted by atomic mass is 16.8. The molecule has 3 aromatic rings. The summed E-state index contributed by atoms with van der Waals surface area (Å²) in [5.41, 5.74) is -0.142. The Balaban J connectivity index is 1.91. The number of carbonyl (C=O) groups is 1. The van der Waals surface area contributed by atoms with Gasteiger partial charge in [0.25, 0.3) is 0 Å². The lowest BCUT2D eigenvalue weighted by Gasteiger charge is -2.21. The second-order valence-corrected chi connectivity index (χ2v) is 5.05. The molecule has 3 rings (SSSR count). The van der Waals surface area contributed by atoms with Crippen molar-refractivity contribution < 1.29 is 23.9 Å². The van der Waals surface area contributed by atoms with E-state index in [0.717, 1.165) is 6.26 Å². The second kappa shape index (κ2) is 6.63. The molecule has 0 fully saturated rings. The van der Waals surface area contributed by atoms with Gasteiger partial charge in [0.2, 0.25) is 11.2 Å². The van der Waals surface area contributed by atoms with E-state index in [1.54, 1.807) is 0 Å². The number of anilines is 1. The summed E-state index contributed by atoms with van der Waals surface area (Å²) in [5.74, 6) is 0.0143. The van der Waals surface area contributed by atoms with Crippen molar-refractivity contribution in [1.82, 2.24) is 0 Å². The van der Waals surface area contributed by atoms with Crippen molar-refractivity contribution in [3.63, 3.8) is 0 Å². The Morgan fingerprint density at radius 2 is 1.84 bits per heavy atom. The molecule has 0 aliphatic carbocycles. The molecule has 25 heavy (non-hydrogen) atoms. The summed E-state index contributed by atoms with van der Waals surface area (Å²) in [4.78, 5) is 23.4. The van der Waals surface area contributed by atoms with Crippen molar-refractivity contribution in [2.24, 2.45) is 0 Å². The van der Waals surface area contributed by atoms with Crippen molar-refractivity contribution in [2.45, 2.75) is 6.92 Å². The van der Waals surface area contributed by atoms with Gasteiger partial charge in [-0.3, -0.25) is 14.8 Å². The zero-order valence-corrected chi connectivity index (χ0v) is 13.0. The lowest BCUT2D eigenvalue weighted by molar-refractivity contribution is -0.131. The number of carbonyl (C=O) groups excluding carboxylic acids is 1. The van der Waals surface area contributed by atoms with Crippen LogP contribution in [-0.2, 0) is 4.79 Å². The highest BCUT2D eigenvalue weighted by Gasteiger charge is 2.11. The summed E-state index contributed by atoms with van der Waals surface area (Å²) in [6.07, 6.45) is 1.14. The van der Waals surface area contributed by atoms with E-state index in [1.807, 2.05) is 0 Å². The van der Waals surface area contributed by atoms with Crippen LogP contribution in [-0.4, -0.2) is 11.2 Å². The van der Waals surface area contributed by atoms with Crippen LogP contribution in [0.25, 0.3) is 11.0 Å². The minimum absolute atomic E-state index is 0.0240. The molecule has 0 aliphatic heterocycles. The minimum Gasteiger partial charge on any atom is -0.733 e. The van der Waals surface area contributed by atoms with Gasteiger partial charge in [-0.05, 0) is 36.4 Å². The van der Waals surface area contributed by atoms with Crippen LogP contribution in [0.1, 0.15) is 6.92 Å². The van der Waals surface area contributed by atoms with Crippen LogP contribution >= 0.6 is 0 Å². The summed E-state index contributed by atoms with van der Waals surface area (Å²) in [5, 5.41) is 19.5. The minimum atomic E-state index is -0.482. The molecule has 0 atom stereocenters. The standard InChI is InChI=1S/C17H12NO7/c1-10(19)24-13-6-7-14-15(8-13)23-9-16(17(14)20)25-12-4-2-11(3-5-12)18(21)22/h2-9,21H,1H3/q-1. The molecule has 2 aromatic carbocycles. The quantitative estimate of drug-likeness (QED) is 0.437. The van der Waals surface area contributed by atoms with Gasteiger partial charge in [0, 0.05) is 13.0 Å². The van der Waals surface area contributed by atoms with Crippen LogP contribution in [0, 0.1) is 5.21 Å². The largest absolute Gasteiger partial charge is 0.733 e. The van der Waals surface area contributed by atoms with Gasteiger partial charge in [0.1, 0.15) is 23.3 Å². The maximum Gasteiger partial charge on any atom is 0.308 e. The van der Waals surface area contributed by atoms with Crippen LogP contribution in [0.2, 0.25) is 0 Å². The van der Waals surface area contributed by atoms with E-state index in [4.69, 9.17) is 19.1 Å². The number of hydrogen-bond acceptors (Lipinski definition) is 8. The highest BCUT2D eigenvalue weighted by Crippen LogP contribution is 2.25. The van der Waals surface area contributed by atoms with Gasteiger partial charge < -0.3 is 24.3 Å². The first-order valence-corrected chi connectivity index (χ1v) is 7.12. The van der Waals surface area contributed by atoms with E-state index in [-0.39, 0.29) is 39.1 Å². The van der Waals surface area contributed by atoms with Crippen molar-refractivity contribution in [3.8, 4) is 17.2 Å². The molecule has 8 heteroatoms. The van der Waals surface area contributed by atoms with Gasteiger partial charge in [0.15, 0.2) is 0 Å². The summed E-state index contributed by atoms with van der Waals surface area (Å²) in [7, 11) is 0. The van der Waals surface area contributed by atoms with E-state index in [9.17, 15) is 14.8 Å². The summed E-state index contributed by atoms with van der Waals surface area (Å²) in [6.45, 7) is 1.27. The van der Waals surface area contributed by atoms with Gasteiger partial charge in [-0.2, -0.15) is 0 Å². The first-order chi connectivity index (χ1) is 11.9. The first-order valence-electron chi connectivity index (χ1n) is 7.12. The number of rotatable bonds is 4. The third kappa shape index (κ3) is 3.60. The van der Waals surface area contributed by atoms with Crippen molar-refractivity contribution in [2.75, 3.05) is 5.23 Å². The maximum absolute atomic E-state index is 12.5. The number of nitrogens with zero attached hydrogens (tertiary/aromatic N) is 1. The Kier molecular flexibility index (Phi) is 4.38. The predicted octanol–water partition coefficient (Wildman–Crippen LogP) is 3.20. The van der Waals surface area contributed by atoms with Crippen molar-refractivity contribution in [3.05, 3.63) is 64.2 Å². The SMILES string of the molecule is CC(=O)Oc1ccc2c(=O)c(Oc3ccc(N([O-])O)cc3)coc2c1. The monoisotopic (exact) mass is 342 g/mol. The molecule has 0 unspecified atom stereocenters. The lowest BCUT2D eigenvalue weighted by Crippen LogP contribution is -2.07. The third-order valence-electron chi connectivity index (χ3n) is 3.26. The number of ether oxygens (including phenoxy) is 2. The Labute approximate surface area is 141 Å². The number of esters is 1. The van der Waals surface area contributed by atoms with Gasteiger partial charge in [-0.25, -0.2) is 0 Å². The van der Waals surface area contributed by atoms with E-state index >= 15 is 0 Å². The van der Waals surface area contributed by atoms with Crippen molar-refractivity contribution >= 4 is 22.6 Å². The predicted molar refractivity (Wildman–Crippen MR) is 87.9 cm³/mol. The molecular formula is C17H12NO7-. The highest BCUT2D eigenvalue weighted by molar-refractivity contribution is 5.80. The fourth-order valence-electron chi connectivity index (χ4n) is 2.16.